The Morgan fingerprint density at radius 2 is 1.31 bits per heavy atom. The average molecular weight is 907 g/mol. The maximum absolute atomic E-state index is 13.1. The van der Waals surface area contributed by atoms with Crippen molar-refractivity contribution in [2.45, 2.75) is 58.7 Å². The fraction of sp³-hybridized carbons (Fsp3) is 0.306. The number of rotatable bonds is 9. The van der Waals surface area contributed by atoms with Gasteiger partial charge in [0.25, 0.3) is 11.1 Å². The van der Waals surface area contributed by atoms with E-state index in [1.54, 1.807) is 50.6 Å². The minimum Gasteiger partial charge on any atom is -0.382 e. The van der Waals surface area contributed by atoms with Crippen molar-refractivity contribution in [2.75, 3.05) is 0 Å². The first-order valence-electron chi connectivity index (χ1n) is 16.6. The third-order valence-corrected chi connectivity index (χ3v) is 9.65. The largest absolute Gasteiger partial charge is 0.382 e. The molecular weight excluding hydrogens is 871 g/mol. The van der Waals surface area contributed by atoms with E-state index < -0.39 is 17.4 Å². The molecule has 0 aliphatic rings. The Morgan fingerprint density at radius 1 is 0.759 bits per heavy atom. The van der Waals surface area contributed by atoms with Crippen LogP contribution in [0.1, 0.15) is 67.4 Å². The zero-order valence-corrected chi connectivity index (χ0v) is 34.4. The second-order valence-electron chi connectivity index (χ2n) is 11.9. The number of hydrogen-bond donors (Lipinski definition) is 1. The number of aliphatic hydroxyl groups is 1. The molecule has 6 rings (SSSR count). The van der Waals surface area contributed by atoms with Crippen LogP contribution in [-0.4, -0.2) is 49.6 Å². The van der Waals surface area contributed by atoms with E-state index in [9.17, 15) is 29.1 Å². The molecule has 0 fully saturated rings. The Kier molecular flexibility index (Phi) is 15.2. The molecule has 0 amide bonds. The smallest absolute Gasteiger partial charge is 0.332 e. The summed E-state index contributed by atoms with van der Waals surface area (Å²) in [6.45, 7) is 4.76. The van der Waals surface area contributed by atoms with Crippen molar-refractivity contribution in [3.8, 4) is 0 Å². The summed E-state index contributed by atoms with van der Waals surface area (Å²) in [5.74, 6) is 0. The monoisotopic (exact) mass is 904 g/mol. The normalized spacial score (nSPS) is 11.4. The molecule has 0 spiro atoms. The third kappa shape index (κ3) is 9.65. The van der Waals surface area contributed by atoms with Crippen molar-refractivity contribution in [1.29, 1.82) is 0 Å². The van der Waals surface area contributed by atoms with E-state index in [1.807, 2.05) is 13.8 Å². The van der Waals surface area contributed by atoms with Crippen LogP contribution < -0.4 is 22.5 Å². The van der Waals surface area contributed by atoms with Gasteiger partial charge in [-0.2, -0.15) is 0 Å². The van der Waals surface area contributed by atoms with Crippen molar-refractivity contribution in [2.24, 2.45) is 14.1 Å². The first kappa shape index (κ1) is 42.4. The van der Waals surface area contributed by atoms with Crippen LogP contribution in [0.15, 0.2) is 83.2 Å². The average Bonchev–Trinajstić information content (AvgIpc) is 3.17. The second kappa shape index (κ2) is 19.3. The highest BCUT2D eigenvalue weighted by Gasteiger charge is 2.24. The number of hydrogen-bond acceptors (Lipinski definition) is 10. The zero-order chi connectivity index (χ0) is 39.7. The molecule has 14 nitrogen and oxygen atoms in total. The van der Waals surface area contributed by atoms with Crippen molar-refractivity contribution in [3.05, 3.63) is 133 Å². The van der Waals surface area contributed by atoms with Gasteiger partial charge in [0.15, 0.2) is 6.29 Å². The van der Waals surface area contributed by atoms with Crippen LogP contribution in [0.25, 0.3) is 22.1 Å². The van der Waals surface area contributed by atoms with Crippen molar-refractivity contribution in [3.63, 3.8) is 0 Å². The van der Waals surface area contributed by atoms with Gasteiger partial charge in [0.05, 0.1) is 26.5 Å². The zero-order valence-electron chi connectivity index (χ0n) is 29.7. The lowest BCUT2D eigenvalue weighted by Crippen LogP contribution is -2.40. The molecule has 0 aliphatic carbocycles. The molecule has 6 heterocycles. The number of aromatic nitrogens is 8. The summed E-state index contributed by atoms with van der Waals surface area (Å²) in [4.78, 5) is 76.2. The molecule has 54 heavy (non-hydrogen) atoms. The molecular formula is C36H36Br2Cl2N8O6. The SMILES string of the molecule is CCCCn1c(=O)c2c(C(O)c3ccc(Cl)cn3)c(Br)cnc2n(C)c1=O.CCCCn1c(=O)c2cc(Br)cnc2n(C)c1=O.O=Cc1ccc(Cl)cn1. The molecule has 0 saturated heterocycles. The van der Waals surface area contributed by atoms with Gasteiger partial charge in [0.1, 0.15) is 23.1 Å². The number of carbonyl (C=O) groups excluding carboxylic acids is 1. The van der Waals surface area contributed by atoms with E-state index in [4.69, 9.17) is 23.2 Å². The number of halogens is 4. The Bertz CT molecular complexity index is 2520. The summed E-state index contributed by atoms with van der Waals surface area (Å²) in [7, 11) is 3.19. The summed E-state index contributed by atoms with van der Waals surface area (Å²) in [5.41, 5.74) is 0.205. The Balaban J connectivity index is 0.000000205. The van der Waals surface area contributed by atoms with Crippen LogP contribution in [0.3, 0.4) is 0 Å². The predicted molar refractivity (Wildman–Crippen MR) is 216 cm³/mol. The molecule has 0 aliphatic heterocycles. The summed E-state index contributed by atoms with van der Waals surface area (Å²) in [6, 6.07) is 8.09. The highest BCUT2D eigenvalue weighted by Crippen LogP contribution is 2.31. The predicted octanol–water partition coefficient (Wildman–Crippen LogP) is 5.99. The van der Waals surface area contributed by atoms with Gasteiger partial charge in [-0.15, -0.1) is 0 Å². The van der Waals surface area contributed by atoms with E-state index in [-0.39, 0.29) is 22.3 Å². The highest BCUT2D eigenvalue weighted by atomic mass is 79.9. The third-order valence-electron chi connectivity index (χ3n) is 8.13. The minimum atomic E-state index is -1.19. The lowest BCUT2D eigenvalue weighted by atomic mass is 10.0. The molecule has 1 atom stereocenters. The minimum absolute atomic E-state index is 0.187. The second-order valence-corrected chi connectivity index (χ2v) is 14.5. The quantitative estimate of drug-likeness (QED) is 0.170. The van der Waals surface area contributed by atoms with Crippen LogP contribution in [0.2, 0.25) is 10.0 Å². The van der Waals surface area contributed by atoms with E-state index >= 15 is 0 Å². The summed E-state index contributed by atoms with van der Waals surface area (Å²) in [5, 5.41) is 12.5. The lowest BCUT2D eigenvalue weighted by Gasteiger charge is -2.17. The van der Waals surface area contributed by atoms with E-state index in [1.165, 1.54) is 36.9 Å². The van der Waals surface area contributed by atoms with Gasteiger partial charge in [-0.05, 0) is 75.0 Å². The van der Waals surface area contributed by atoms with Crippen molar-refractivity contribution in [1.82, 2.24) is 38.2 Å². The van der Waals surface area contributed by atoms with Gasteiger partial charge in [-0.1, -0.05) is 49.9 Å². The van der Waals surface area contributed by atoms with Gasteiger partial charge in [0.2, 0.25) is 0 Å². The van der Waals surface area contributed by atoms with Crippen LogP contribution in [0, 0.1) is 0 Å². The fourth-order valence-corrected chi connectivity index (χ4v) is 6.33. The maximum Gasteiger partial charge on any atom is 0.332 e. The number of aldehydes is 1. The van der Waals surface area contributed by atoms with Gasteiger partial charge in [0, 0.05) is 66.5 Å². The first-order valence-corrected chi connectivity index (χ1v) is 19.0. The molecule has 6 aromatic heterocycles. The summed E-state index contributed by atoms with van der Waals surface area (Å²) < 4.78 is 6.39. The number of nitrogens with zero attached hydrogens (tertiary/aromatic N) is 8. The number of aryl methyl sites for hydroxylation is 2. The van der Waals surface area contributed by atoms with E-state index in [0.717, 1.165) is 23.7 Å². The maximum atomic E-state index is 13.1. The van der Waals surface area contributed by atoms with E-state index in [2.05, 4.69) is 51.8 Å². The van der Waals surface area contributed by atoms with E-state index in [0.29, 0.717) is 68.3 Å². The number of pyridine rings is 4. The van der Waals surface area contributed by atoms with Crippen molar-refractivity contribution < 1.29 is 9.90 Å². The molecule has 18 heteroatoms. The molecule has 6 aromatic rings. The molecule has 284 valence electrons. The Labute approximate surface area is 335 Å². The Morgan fingerprint density at radius 3 is 1.85 bits per heavy atom. The van der Waals surface area contributed by atoms with Crippen LogP contribution in [-0.2, 0) is 27.2 Å². The topological polar surface area (TPSA) is 177 Å². The standard InChI is InChI=1S/C18H18BrClN4O3.C12H14BrN3O2.C6H4ClNO/c1-3-4-7-24-17(26)14-13(15(25)12-6-5-10(20)8-21-12)11(19)9-22-16(14)23(2)18(24)27;1-3-4-5-16-11(17)9-6-8(13)7-14-10(9)15(2)12(16)18;7-5-1-2-6(4-9)8-3-5/h5-6,8-9,15,25H,3-4,7H2,1-2H3;6-7H,3-5H2,1-2H3;1-4H. The van der Waals surface area contributed by atoms with Crippen LogP contribution in [0.5, 0.6) is 0 Å². The van der Waals surface area contributed by atoms with Crippen LogP contribution in [0.4, 0.5) is 0 Å². The molecule has 1 N–H and O–H groups in total. The lowest BCUT2D eigenvalue weighted by molar-refractivity contribution is 0.111. The van der Waals surface area contributed by atoms with Gasteiger partial charge >= 0.3 is 11.4 Å². The first-order chi connectivity index (χ1) is 25.7. The van der Waals surface area contributed by atoms with Crippen molar-refractivity contribution >= 4 is 83.4 Å². The fourth-order valence-electron chi connectivity index (χ4n) is 5.26. The molecule has 0 aromatic carbocycles. The summed E-state index contributed by atoms with van der Waals surface area (Å²) >= 11 is 18.0. The van der Waals surface area contributed by atoms with Crippen LogP contribution >= 0.6 is 55.1 Å². The summed E-state index contributed by atoms with van der Waals surface area (Å²) in [6.07, 6.45) is 8.67. The van der Waals surface area contributed by atoms with Gasteiger partial charge < -0.3 is 5.11 Å². The number of carbonyl (C=O) groups is 1. The molecule has 1 unspecified atom stereocenters. The number of unbranched alkanes of at least 4 members (excludes halogenated alkanes) is 2. The molecule has 0 bridgehead atoms. The highest BCUT2D eigenvalue weighted by molar-refractivity contribution is 9.10. The Hall–Kier alpha value is -4.35. The molecule has 0 saturated carbocycles. The number of aliphatic hydroxyl groups excluding tert-OH is 1. The number of fused-ring (bicyclic) bond motifs is 2. The molecule has 0 radical (unpaired) electrons. The van der Waals surface area contributed by atoms with Gasteiger partial charge in [-0.25, -0.2) is 19.6 Å². The van der Waals surface area contributed by atoms with Gasteiger partial charge in [-0.3, -0.25) is 42.6 Å².